The number of aryl methyl sites for hydroxylation is 1. The van der Waals surface area contributed by atoms with Gasteiger partial charge in [0.25, 0.3) is 0 Å². The Morgan fingerprint density at radius 2 is 2.00 bits per heavy atom. The molecule has 0 bridgehead atoms. The van der Waals surface area contributed by atoms with Crippen LogP contribution in [0.3, 0.4) is 0 Å². The number of hydrogen-bond acceptors (Lipinski definition) is 1. The highest BCUT2D eigenvalue weighted by Crippen LogP contribution is 2.65. The van der Waals surface area contributed by atoms with Crippen molar-refractivity contribution >= 4 is 52.4 Å². The summed E-state index contributed by atoms with van der Waals surface area (Å²) in [7, 11) is 0. The van der Waals surface area contributed by atoms with Gasteiger partial charge in [0.2, 0.25) is 0 Å². The molecule has 0 amide bonds. The molecule has 1 aliphatic carbocycles. The topological polar surface area (TPSA) is 37.3 Å². The lowest BCUT2D eigenvalue weighted by Crippen LogP contribution is -2.03. The maximum atomic E-state index is 11.0. The molecule has 2 atom stereocenters. The molecule has 2 rings (SSSR count). The fourth-order valence-corrected chi connectivity index (χ4v) is 3.46. The molecular weight excluding hydrogens is 318 g/mol. The van der Waals surface area contributed by atoms with Gasteiger partial charge in [0.1, 0.15) is 4.33 Å². The van der Waals surface area contributed by atoms with Gasteiger partial charge in [0.05, 0.1) is 16.0 Å². The van der Waals surface area contributed by atoms with Gasteiger partial charge in [0.15, 0.2) is 0 Å². The molecule has 0 aliphatic heterocycles. The molecular formula is C12H10Cl4O2. The number of carboxylic acid groups (broad SMARTS) is 1. The van der Waals surface area contributed by atoms with E-state index in [1.165, 1.54) is 0 Å². The van der Waals surface area contributed by atoms with Gasteiger partial charge in [-0.2, -0.15) is 0 Å². The normalized spacial score (nSPS) is 24.9. The molecule has 18 heavy (non-hydrogen) atoms. The smallest absolute Gasteiger partial charge is 0.310 e. The molecule has 0 spiro atoms. The molecule has 1 aromatic carbocycles. The van der Waals surface area contributed by atoms with E-state index in [4.69, 9.17) is 51.5 Å². The first kappa shape index (κ1) is 14.3. The Balaban J connectivity index is 2.42. The monoisotopic (exact) mass is 326 g/mol. The molecule has 98 valence electrons. The van der Waals surface area contributed by atoms with E-state index < -0.39 is 22.1 Å². The predicted octanol–water partition coefficient (Wildman–Crippen LogP) is 4.53. The van der Waals surface area contributed by atoms with Gasteiger partial charge in [-0.05, 0) is 23.6 Å². The second kappa shape index (κ2) is 4.75. The molecule has 0 heterocycles. The Morgan fingerprint density at radius 1 is 1.39 bits per heavy atom. The van der Waals surface area contributed by atoms with Crippen molar-refractivity contribution in [3.05, 3.63) is 33.3 Å². The molecule has 1 saturated carbocycles. The minimum absolute atomic E-state index is 0.395. The second-order valence-electron chi connectivity index (χ2n) is 4.30. The summed E-state index contributed by atoms with van der Waals surface area (Å²) in [6.45, 7) is 1.94. The molecule has 0 saturated heterocycles. The van der Waals surface area contributed by atoms with Crippen LogP contribution in [0.5, 0.6) is 0 Å². The predicted molar refractivity (Wildman–Crippen MR) is 74.1 cm³/mol. The summed E-state index contributed by atoms with van der Waals surface area (Å²) in [6.07, 6.45) is 0.703. The lowest BCUT2D eigenvalue weighted by atomic mass is 10.0. The van der Waals surface area contributed by atoms with Gasteiger partial charge in [-0.25, -0.2) is 0 Å². The maximum Gasteiger partial charge on any atom is 0.310 e. The molecule has 1 N–H and O–H groups in total. The highest BCUT2D eigenvalue weighted by Gasteiger charge is 2.68. The first-order valence-electron chi connectivity index (χ1n) is 5.39. The molecule has 6 heteroatoms. The van der Waals surface area contributed by atoms with Crippen molar-refractivity contribution in [1.29, 1.82) is 0 Å². The maximum absolute atomic E-state index is 11.0. The zero-order chi connectivity index (χ0) is 13.7. The summed E-state index contributed by atoms with van der Waals surface area (Å²) in [4.78, 5) is 11.0. The number of carboxylic acids is 1. The summed E-state index contributed by atoms with van der Waals surface area (Å²) < 4.78 is -1.27. The number of halogens is 4. The van der Waals surface area contributed by atoms with Crippen molar-refractivity contribution in [3.8, 4) is 0 Å². The third kappa shape index (κ3) is 2.20. The third-order valence-electron chi connectivity index (χ3n) is 3.19. The SMILES string of the molecule is CCc1cc(C2[C@@H](C(=O)O)C2(Cl)Cl)cc(Cl)c1Cl. The van der Waals surface area contributed by atoms with E-state index in [0.717, 1.165) is 11.1 Å². The first-order chi connectivity index (χ1) is 8.30. The van der Waals surface area contributed by atoms with Crippen molar-refractivity contribution in [2.45, 2.75) is 23.6 Å². The Kier molecular flexibility index (Phi) is 3.76. The number of benzene rings is 1. The number of hydrogen-bond donors (Lipinski definition) is 1. The van der Waals surface area contributed by atoms with E-state index in [0.29, 0.717) is 16.5 Å². The van der Waals surface area contributed by atoms with Crippen LogP contribution in [0.2, 0.25) is 10.0 Å². The third-order valence-corrected chi connectivity index (χ3v) is 4.97. The summed E-state index contributed by atoms with van der Waals surface area (Å²) >= 11 is 24.1. The molecule has 1 unspecified atom stereocenters. The van der Waals surface area contributed by atoms with Crippen LogP contribution in [-0.4, -0.2) is 15.4 Å². The van der Waals surface area contributed by atoms with Gasteiger partial charge >= 0.3 is 5.97 Å². The largest absolute Gasteiger partial charge is 0.481 e. The molecule has 1 aromatic rings. The molecule has 0 aromatic heterocycles. The molecule has 0 radical (unpaired) electrons. The standard InChI is InChI=1S/C12H10Cl4O2/c1-2-5-3-6(4-7(13)10(5)14)8-9(11(17)18)12(8,15)16/h3-4,8-9H,2H2,1H3,(H,17,18)/t8?,9-/m0/s1. The summed E-state index contributed by atoms with van der Waals surface area (Å²) in [5, 5.41) is 9.93. The van der Waals surface area contributed by atoms with Crippen LogP contribution in [0.1, 0.15) is 24.0 Å². The van der Waals surface area contributed by atoms with E-state index in [-0.39, 0.29) is 0 Å². The second-order valence-corrected chi connectivity index (χ2v) is 6.53. The lowest BCUT2D eigenvalue weighted by molar-refractivity contribution is -0.138. The molecule has 1 fully saturated rings. The van der Waals surface area contributed by atoms with E-state index in [1.807, 2.05) is 13.0 Å². The Bertz CT molecular complexity index is 513. The Morgan fingerprint density at radius 3 is 2.44 bits per heavy atom. The minimum atomic E-state index is -1.27. The van der Waals surface area contributed by atoms with Crippen LogP contribution >= 0.6 is 46.4 Å². The average Bonchev–Trinajstić information content (AvgIpc) is 2.85. The Labute approximate surface area is 125 Å². The Hall–Kier alpha value is -0.150. The minimum Gasteiger partial charge on any atom is -0.481 e. The zero-order valence-electron chi connectivity index (χ0n) is 9.38. The van der Waals surface area contributed by atoms with E-state index in [1.54, 1.807) is 6.07 Å². The summed E-state index contributed by atoms with van der Waals surface area (Å²) in [5.41, 5.74) is 1.58. The number of aliphatic carboxylic acids is 1. The van der Waals surface area contributed by atoms with Crippen LogP contribution in [0.15, 0.2) is 12.1 Å². The van der Waals surface area contributed by atoms with Crippen LogP contribution in [0, 0.1) is 5.92 Å². The number of rotatable bonds is 3. The van der Waals surface area contributed by atoms with Crippen LogP contribution < -0.4 is 0 Å². The van der Waals surface area contributed by atoms with Gasteiger partial charge in [0, 0.05) is 5.92 Å². The van der Waals surface area contributed by atoms with Crippen molar-refractivity contribution in [1.82, 2.24) is 0 Å². The fraction of sp³-hybridized carbons (Fsp3) is 0.417. The average molecular weight is 328 g/mol. The van der Waals surface area contributed by atoms with Crippen molar-refractivity contribution in [2.75, 3.05) is 0 Å². The first-order valence-corrected chi connectivity index (χ1v) is 6.90. The zero-order valence-corrected chi connectivity index (χ0v) is 12.4. The van der Waals surface area contributed by atoms with Gasteiger partial charge < -0.3 is 5.11 Å². The summed E-state index contributed by atoms with van der Waals surface area (Å²) in [6, 6.07) is 3.46. The highest BCUT2D eigenvalue weighted by molar-refractivity contribution is 6.53. The molecule has 2 nitrogen and oxygen atoms in total. The quantitative estimate of drug-likeness (QED) is 0.828. The van der Waals surface area contributed by atoms with Gasteiger partial charge in [-0.15, -0.1) is 0 Å². The van der Waals surface area contributed by atoms with Gasteiger partial charge in [-0.3, -0.25) is 4.79 Å². The van der Waals surface area contributed by atoms with E-state index >= 15 is 0 Å². The lowest BCUT2D eigenvalue weighted by Gasteiger charge is -2.08. The van der Waals surface area contributed by atoms with E-state index in [9.17, 15) is 4.79 Å². The van der Waals surface area contributed by atoms with Crippen LogP contribution in [-0.2, 0) is 11.2 Å². The fourth-order valence-electron chi connectivity index (χ4n) is 2.15. The van der Waals surface area contributed by atoms with Gasteiger partial charge in [-0.1, -0.05) is 59.4 Å². The van der Waals surface area contributed by atoms with Crippen LogP contribution in [0.4, 0.5) is 0 Å². The van der Waals surface area contributed by atoms with Crippen molar-refractivity contribution in [3.63, 3.8) is 0 Å². The number of carbonyl (C=O) groups is 1. The van der Waals surface area contributed by atoms with E-state index in [2.05, 4.69) is 0 Å². The van der Waals surface area contributed by atoms with Crippen molar-refractivity contribution < 1.29 is 9.90 Å². The highest BCUT2D eigenvalue weighted by atomic mass is 35.5. The number of alkyl halides is 2. The molecule has 1 aliphatic rings. The van der Waals surface area contributed by atoms with Crippen molar-refractivity contribution in [2.24, 2.45) is 5.92 Å². The van der Waals surface area contributed by atoms with Crippen LogP contribution in [0.25, 0.3) is 0 Å². The summed E-state index contributed by atoms with van der Waals surface area (Å²) in [5.74, 6) is -2.25.